The lowest BCUT2D eigenvalue weighted by Gasteiger charge is -2.07. The van der Waals surface area contributed by atoms with Gasteiger partial charge < -0.3 is 0 Å². The Labute approximate surface area is 96.9 Å². The van der Waals surface area contributed by atoms with Crippen molar-refractivity contribution in [2.24, 2.45) is 0 Å². The molecule has 0 saturated heterocycles. The van der Waals surface area contributed by atoms with Gasteiger partial charge in [0.2, 0.25) is 0 Å². The van der Waals surface area contributed by atoms with Crippen molar-refractivity contribution in [1.29, 1.82) is 0 Å². The Kier molecular flexibility index (Phi) is 2.46. The summed E-state index contributed by atoms with van der Waals surface area (Å²) in [6, 6.07) is 14.2. The lowest BCUT2D eigenvalue weighted by Crippen LogP contribution is -1.99. The maximum Gasteiger partial charge on any atom is 0.176 e. The van der Waals surface area contributed by atoms with Crippen LogP contribution in [0.4, 0.5) is 0 Å². The van der Waals surface area contributed by atoms with Crippen LogP contribution in [0.5, 0.6) is 0 Å². The van der Waals surface area contributed by atoms with Crippen molar-refractivity contribution in [3.63, 3.8) is 0 Å². The first-order valence-electron chi connectivity index (χ1n) is 5.35. The third kappa shape index (κ3) is 2.14. The number of hydrogen-bond donors (Lipinski definition) is 0. The molecule has 0 aliphatic heterocycles. The molecule has 0 fully saturated rings. The van der Waals surface area contributed by atoms with E-state index in [9.17, 15) is 8.42 Å². The molecular formula is C13H12O2S. The van der Waals surface area contributed by atoms with E-state index in [-0.39, 0.29) is 10.9 Å². The average molecular weight is 233 g/mol. The zero-order valence-corrected chi connectivity index (χ0v) is 9.66. The predicted octanol–water partition coefficient (Wildman–Crippen LogP) is 2.76. The second-order valence-corrected chi connectivity index (χ2v) is 5.50. The van der Waals surface area contributed by atoms with Gasteiger partial charge >= 0.3 is 0 Å². The monoisotopic (exact) mass is 233 g/mol. The minimum absolute atomic E-state index is 0.0360. The largest absolute Gasteiger partial charge is 0.224 e. The van der Waals surface area contributed by atoms with Crippen LogP contribution in [0.15, 0.2) is 59.5 Å². The zero-order chi connectivity index (χ0) is 12.5. The third-order valence-corrected chi connectivity index (χ3v) is 3.35. The molecule has 0 aliphatic carbocycles. The molecule has 0 heterocycles. The molecule has 16 heavy (non-hydrogen) atoms. The Morgan fingerprint density at radius 2 is 1.62 bits per heavy atom. The van der Waals surface area contributed by atoms with Crippen molar-refractivity contribution in [2.75, 3.05) is 6.26 Å². The standard InChI is InChI=1S/C13H12O2S/c1-16(14,15)13-10-6-5-9-12(13)11-7-3-2-4-8-11/h2-10H,1H3/i10D. The lowest BCUT2D eigenvalue weighted by molar-refractivity contribution is 0.602. The second-order valence-electron chi connectivity index (χ2n) is 3.55. The van der Waals surface area contributed by atoms with Crippen molar-refractivity contribution in [3.8, 4) is 11.1 Å². The van der Waals surface area contributed by atoms with Gasteiger partial charge in [-0.1, -0.05) is 48.5 Å². The summed E-state index contributed by atoms with van der Waals surface area (Å²) in [6.45, 7) is 0. The highest BCUT2D eigenvalue weighted by Gasteiger charge is 2.12. The quantitative estimate of drug-likeness (QED) is 0.799. The first kappa shape index (κ1) is 9.60. The van der Waals surface area contributed by atoms with Crippen LogP contribution in [-0.2, 0) is 9.84 Å². The predicted molar refractivity (Wildman–Crippen MR) is 65.0 cm³/mol. The normalized spacial score (nSPS) is 12.2. The number of rotatable bonds is 2. The molecule has 0 aliphatic rings. The summed E-state index contributed by atoms with van der Waals surface area (Å²) in [4.78, 5) is 0.0891. The highest BCUT2D eigenvalue weighted by molar-refractivity contribution is 7.90. The lowest BCUT2D eigenvalue weighted by atomic mass is 10.1. The molecule has 82 valence electrons. The van der Waals surface area contributed by atoms with Crippen LogP contribution in [0.25, 0.3) is 11.1 Å². The molecule has 2 nitrogen and oxygen atoms in total. The number of benzene rings is 2. The first-order chi connectivity index (χ1) is 8.00. The Bertz CT molecular complexity index is 634. The number of hydrogen-bond acceptors (Lipinski definition) is 2. The van der Waals surface area contributed by atoms with Gasteiger partial charge in [-0.25, -0.2) is 8.42 Å². The summed E-state index contributed by atoms with van der Waals surface area (Å²) in [5, 5.41) is 0. The van der Waals surface area contributed by atoms with Crippen LogP contribution in [-0.4, -0.2) is 14.7 Å². The van der Waals surface area contributed by atoms with E-state index in [0.29, 0.717) is 5.56 Å². The first-order valence-corrected chi connectivity index (χ1v) is 6.74. The van der Waals surface area contributed by atoms with Crippen molar-refractivity contribution in [1.82, 2.24) is 0 Å². The summed E-state index contributed by atoms with van der Waals surface area (Å²) in [6.07, 6.45) is 1.13. The van der Waals surface area contributed by atoms with E-state index < -0.39 is 9.84 Å². The fraction of sp³-hybridized carbons (Fsp3) is 0.0769. The molecular weight excluding hydrogens is 220 g/mol. The molecule has 2 rings (SSSR count). The molecule has 0 bridgehead atoms. The Balaban J connectivity index is 2.76. The summed E-state index contributed by atoms with van der Waals surface area (Å²) < 4.78 is 31.2. The molecule has 0 N–H and O–H groups in total. The van der Waals surface area contributed by atoms with Crippen LogP contribution >= 0.6 is 0 Å². The van der Waals surface area contributed by atoms with Gasteiger partial charge in [-0.05, 0) is 11.6 Å². The van der Waals surface area contributed by atoms with Crippen molar-refractivity contribution >= 4 is 9.84 Å². The molecule has 3 heteroatoms. The van der Waals surface area contributed by atoms with E-state index in [0.717, 1.165) is 11.8 Å². The minimum Gasteiger partial charge on any atom is -0.224 e. The number of sulfone groups is 1. The average Bonchev–Trinajstić information content (AvgIpc) is 2.28. The van der Waals surface area contributed by atoms with Gasteiger partial charge in [-0.3, -0.25) is 0 Å². The van der Waals surface area contributed by atoms with Crippen LogP contribution < -0.4 is 0 Å². The smallest absolute Gasteiger partial charge is 0.176 e. The maximum atomic E-state index is 11.7. The molecule has 0 unspecified atom stereocenters. The molecule has 2 aromatic carbocycles. The van der Waals surface area contributed by atoms with Crippen molar-refractivity contribution < 1.29 is 9.79 Å². The van der Waals surface area contributed by atoms with Gasteiger partial charge in [-0.2, -0.15) is 0 Å². The van der Waals surface area contributed by atoms with Gasteiger partial charge in [0.15, 0.2) is 9.84 Å². The van der Waals surface area contributed by atoms with E-state index >= 15 is 0 Å². The highest BCUT2D eigenvalue weighted by atomic mass is 32.2. The zero-order valence-electron chi connectivity index (χ0n) is 9.84. The maximum absolute atomic E-state index is 11.7. The van der Waals surface area contributed by atoms with E-state index in [2.05, 4.69) is 0 Å². The van der Waals surface area contributed by atoms with E-state index in [1.54, 1.807) is 12.1 Å². The molecule has 0 amide bonds. The topological polar surface area (TPSA) is 34.1 Å². The van der Waals surface area contributed by atoms with Gasteiger partial charge in [-0.15, -0.1) is 0 Å². The van der Waals surface area contributed by atoms with E-state index in [1.165, 1.54) is 6.07 Å². The highest BCUT2D eigenvalue weighted by Crippen LogP contribution is 2.26. The van der Waals surface area contributed by atoms with Crippen molar-refractivity contribution in [2.45, 2.75) is 4.90 Å². The molecule has 0 spiro atoms. The summed E-state index contributed by atoms with van der Waals surface area (Å²) in [5.41, 5.74) is 1.39. The summed E-state index contributed by atoms with van der Waals surface area (Å²) >= 11 is 0. The Morgan fingerprint density at radius 3 is 2.25 bits per heavy atom. The Hall–Kier alpha value is -1.61. The van der Waals surface area contributed by atoms with E-state index in [1.807, 2.05) is 30.3 Å². The van der Waals surface area contributed by atoms with Crippen LogP contribution in [0.2, 0.25) is 0 Å². The summed E-state index contributed by atoms with van der Waals surface area (Å²) in [5.74, 6) is 0. The van der Waals surface area contributed by atoms with Crippen LogP contribution in [0.1, 0.15) is 1.37 Å². The van der Waals surface area contributed by atoms with Crippen LogP contribution in [0, 0.1) is 0 Å². The fourth-order valence-electron chi connectivity index (χ4n) is 1.57. The minimum atomic E-state index is -3.40. The molecule has 0 atom stereocenters. The van der Waals surface area contributed by atoms with E-state index in [4.69, 9.17) is 1.37 Å². The summed E-state index contributed by atoms with van der Waals surface area (Å²) in [7, 11) is -3.40. The van der Waals surface area contributed by atoms with Gasteiger partial charge in [0.25, 0.3) is 0 Å². The second kappa shape index (κ2) is 4.10. The Morgan fingerprint density at radius 1 is 1.00 bits per heavy atom. The van der Waals surface area contributed by atoms with Gasteiger partial charge in [0.1, 0.15) is 0 Å². The SMILES string of the molecule is [2H]c1cccc(-c2ccccc2)c1S(C)(=O)=O. The molecule has 0 radical (unpaired) electrons. The molecule has 2 aromatic rings. The molecule has 0 saturated carbocycles. The van der Waals surface area contributed by atoms with Gasteiger partial charge in [0, 0.05) is 11.8 Å². The van der Waals surface area contributed by atoms with Crippen molar-refractivity contribution in [3.05, 3.63) is 54.6 Å². The molecule has 0 aromatic heterocycles. The van der Waals surface area contributed by atoms with Gasteiger partial charge in [0.05, 0.1) is 6.27 Å². The van der Waals surface area contributed by atoms with Crippen LogP contribution in [0.3, 0.4) is 0 Å². The fourth-order valence-corrected chi connectivity index (χ4v) is 2.44. The third-order valence-electron chi connectivity index (χ3n) is 2.27.